The highest BCUT2D eigenvalue weighted by molar-refractivity contribution is 6.04. The summed E-state index contributed by atoms with van der Waals surface area (Å²) in [4.78, 5) is 38.4. The average molecular weight is 256 g/mol. The fraction of sp³-hybridized carbons (Fsp3) is 0.750. The lowest BCUT2D eigenvalue weighted by Crippen LogP contribution is -2.43. The Morgan fingerprint density at radius 2 is 1.94 bits per heavy atom. The van der Waals surface area contributed by atoms with E-state index >= 15 is 0 Å². The summed E-state index contributed by atoms with van der Waals surface area (Å²) >= 11 is 0. The number of amides is 2. The molecule has 0 bridgehead atoms. The standard InChI is InChI=1S/C12H20N2O4/c1-5-18-10(16)12(2,3)9(15)8-14-7-6-13(4)11(14)17/h5-8H2,1-4H3. The molecule has 0 radical (unpaired) electrons. The topological polar surface area (TPSA) is 66.9 Å². The van der Waals surface area contributed by atoms with Crippen molar-refractivity contribution in [2.24, 2.45) is 5.41 Å². The van der Waals surface area contributed by atoms with Crippen molar-refractivity contribution in [1.29, 1.82) is 0 Å². The summed E-state index contributed by atoms with van der Waals surface area (Å²) in [6, 6.07) is -0.178. The van der Waals surface area contributed by atoms with Crippen LogP contribution in [0.25, 0.3) is 0 Å². The van der Waals surface area contributed by atoms with E-state index in [9.17, 15) is 14.4 Å². The number of likely N-dealkylation sites (N-methyl/N-ethyl adjacent to an activating group) is 1. The molecule has 0 unspecified atom stereocenters. The van der Waals surface area contributed by atoms with E-state index in [1.165, 1.54) is 18.7 Å². The SMILES string of the molecule is CCOC(=O)C(C)(C)C(=O)CN1CCN(C)C1=O. The van der Waals surface area contributed by atoms with Crippen LogP contribution in [0, 0.1) is 5.41 Å². The third kappa shape index (κ3) is 2.80. The van der Waals surface area contributed by atoms with E-state index in [1.54, 1.807) is 18.9 Å². The van der Waals surface area contributed by atoms with Gasteiger partial charge in [0.05, 0.1) is 13.2 Å². The Labute approximate surface area is 107 Å². The highest BCUT2D eigenvalue weighted by Gasteiger charge is 2.39. The van der Waals surface area contributed by atoms with Crippen molar-refractivity contribution in [2.75, 3.05) is 33.3 Å². The Bertz CT molecular complexity index is 365. The van der Waals surface area contributed by atoms with Crippen molar-refractivity contribution >= 4 is 17.8 Å². The number of urea groups is 1. The maximum Gasteiger partial charge on any atom is 0.320 e. The molecule has 6 heteroatoms. The molecule has 1 saturated heterocycles. The highest BCUT2D eigenvalue weighted by atomic mass is 16.5. The Morgan fingerprint density at radius 3 is 2.39 bits per heavy atom. The Balaban J connectivity index is 2.65. The van der Waals surface area contributed by atoms with Gasteiger partial charge in [0.15, 0.2) is 5.78 Å². The minimum atomic E-state index is -1.21. The number of nitrogens with zero attached hydrogens (tertiary/aromatic N) is 2. The molecular weight excluding hydrogens is 236 g/mol. The Hall–Kier alpha value is -1.59. The summed E-state index contributed by atoms with van der Waals surface area (Å²) in [6.07, 6.45) is 0. The molecule has 1 aliphatic rings. The molecule has 2 amide bonds. The highest BCUT2D eigenvalue weighted by Crippen LogP contribution is 2.20. The molecule has 0 aromatic rings. The van der Waals surface area contributed by atoms with Crippen molar-refractivity contribution < 1.29 is 19.1 Å². The number of esters is 1. The van der Waals surface area contributed by atoms with E-state index < -0.39 is 11.4 Å². The molecule has 0 aromatic heterocycles. The molecule has 0 aromatic carbocycles. The molecule has 0 aliphatic carbocycles. The second-order valence-electron chi connectivity index (χ2n) is 4.89. The van der Waals surface area contributed by atoms with E-state index in [4.69, 9.17) is 4.74 Å². The number of hydrogen-bond acceptors (Lipinski definition) is 4. The largest absolute Gasteiger partial charge is 0.465 e. The van der Waals surface area contributed by atoms with Gasteiger partial charge < -0.3 is 14.5 Å². The second kappa shape index (κ2) is 5.37. The third-order valence-electron chi connectivity index (χ3n) is 3.12. The van der Waals surface area contributed by atoms with Gasteiger partial charge >= 0.3 is 12.0 Å². The maximum absolute atomic E-state index is 12.1. The molecule has 1 heterocycles. The zero-order valence-electron chi connectivity index (χ0n) is 11.4. The molecule has 0 atom stereocenters. The normalized spacial score (nSPS) is 16.1. The minimum absolute atomic E-state index is 0.0466. The van der Waals surface area contributed by atoms with Crippen LogP contribution in [0.1, 0.15) is 20.8 Å². The van der Waals surface area contributed by atoms with Crippen LogP contribution in [0.5, 0.6) is 0 Å². The predicted octanol–water partition coefficient (Wildman–Crippen LogP) is 0.512. The number of Topliss-reactive ketones (excluding diaryl/α,β-unsaturated/α-hetero) is 1. The fourth-order valence-corrected chi connectivity index (χ4v) is 1.65. The van der Waals surface area contributed by atoms with Gasteiger partial charge in [-0.05, 0) is 20.8 Å². The molecule has 0 saturated carbocycles. The smallest absolute Gasteiger partial charge is 0.320 e. The number of hydrogen-bond donors (Lipinski definition) is 0. The molecule has 6 nitrogen and oxygen atoms in total. The molecule has 1 rings (SSSR count). The lowest BCUT2D eigenvalue weighted by Gasteiger charge is -2.23. The van der Waals surface area contributed by atoms with Crippen molar-refractivity contribution in [3.8, 4) is 0 Å². The monoisotopic (exact) mass is 256 g/mol. The summed E-state index contributed by atoms with van der Waals surface area (Å²) in [6.45, 7) is 6.05. The molecule has 18 heavy (non-hydrogen) atoms. The van der Waals surface area contributed by atoms with Crippen LogP contribution in [0.15, 0.2) is 0 Å². The second-order valence-corrected chi connectivity index (χ2v) is 4.89. The molecule has 0 N–H and O–H groups in total. The van der Waals surface area contributed by atoms with Gasteiger partial charge in [-0.1, -0.05) is 0 Å². The predicted molar refractivity (Wildman–Crippen MR) is 65.0 cm³/mol. The first-order valence-electron chi connectivity index (χ1n) is 6.01. The summed E-state index contributed by atoms with van der Waals surface area (Å²) in [5.41, 5.74) is -1.21. The summed E-state index contributed by atoms with van der Waals surface area (Å²) in [5, 5.41) is 0. The van der Waals surface area contributed by atoms with Gasteiger partial charge in [-0.25, -0.2) is 4.79 Å². The number of ketones is 1. The van der Waals surface area contributed by atoms with E-state index in [0.717, 1.165) is 0 Å². The molecule has 1 aliphatic heterocycles. The summed E-state index contributed by atoms with van der Waals surface area (Å²) in [7, 11) is 1.68. The van der Waals surface area contributed by atoms with Gasteiger partial charge in [-0.15, -0.1) is 0 Å². The fourth-order valence-electron chi connectivity index (χ4n) is 1.65. The van der Waals surface area contributed by atoms with Crippen LogP contribution >= 0.6 is 0 Å². The first kappa shape index (κ1) is 14.5. The first-order valence-corrected chi connectivity index (χ1v) is 6.01. The Kier molecular flexibility index (Phi) is 4.32. The van der Waals surface area contributed by atoms with Crippen molar-refractivity contribution in [3.63, 3.8) is 0 Å². The van der Waals surface area contributed by atoms with Crippen molar-refractivity contribution in [1.82, 2.24) is 9.80 Å². The third-order valence-corrected chi connectivity index (χ3v) is 3.12. The number of ether oxygens (including phenoxy) is 1. The number of carbonyl (C=O) groups is 3. The lowest BCUT2D eigenvalue weighted by molar-refractivity contribution is -0.158. The molecule has 1 fully saturated rings. The van der Waals surface area contributed by atoms with E-state index in [1.807, 2.05) is 0 Å². The number of rotatable bonds is 5. The summed E-state index contributed by atoms with van der Waals surface area (Å²) in [5.74, 6) is -0.848. The number of carbonyl (C=O) groups excluding carboxylic acids is 3. The molecule has 102 valence electrons. The molecular formula is C12H20N2O4. The van der Waals surface area contributed by atoms with Gasteiger partial charge in [0.1, 0.15) is 5.41 Å². The first-order chi connectivity index (χ1) is 8.30. The zero-order chi connectivity index (χ0) is 13.9. The van der Waals surface area contributed by atoms with Crippen LogP contribution in [0.3, 0.4) is 0 Å². The van der Waals surface area contributed by atoms with Gasteiger partial charge in [-0.2, -0.15) is 0 Å². The van der Waals surface area contributed by atoms with Gasteiger partial charge in [0.2, 0.25) is 0 Å². The van der Waals surface area contributed by atoms with Gasteiger partial charge in [0.25, 0.3) is 0 Å². The van der Waals surface area contributed by atoms with Crippen molar-refractivity contribution in [2.45, 2.75) is 20.8 Å². The maximum atomic E-state index is 12.1. The van der Waals surface area contributed by atoms with Crippen LogP contribution in [-0.2, 0) is 14.3 Å². The van der Waals surface area contributed by atoms with Crippen LogP contribution in [0.4, 0.5) is 4.79 Å². The Morgan fingerprint density at radius 1 is 1.33 bits per heavy atom. The zero-order valence-corrected chi connectivity index (χ0v) is 11.4. The average Bonchev–Trinajstić information content (AvgIpc) is 2.61. The van der Waals surface area contributed by atoms with E-state index in [-0.39, 0.29) is 25.0 Å². The van der Waals surface area contributed by atoms with Crippen LogP contribution in [-0.4, -0.2) is 60.9 Å². The lowest BCUT2D eigenvalue weighted by atomic mass is 9.88. The minimum Gasteiger partial charge on any atom is -0.465 e. The van der Waals surface area contributed by atoms with E-state index in [0.29, 0.717) is 13.1 Å². The van der Waals surface area contributed by atoms with Gasteiger partial charge in [0, 0.05) is 20.1 Å². The van der Waals surface area contributed by atoms with E-state index in [2.05, 4.69) is 0 Å². The molecule has 0 spiro atoms. The van der Waals surface area contributed by atoms with Gasteiger partial charge in [-0.3, -0.25) is 9.59 Å². The quantitative estimate of drug-likeness (QED) is 0.531. The van der Waals surface area contributed by atoms with Crippen molar-refractivity contribution in [3.05, 3.63) is 0 Å². The van der Waals surface area contributed by atoms with Crippen LogP contribution < -0.4 is 0 Å². The van der Waals surface area contributed by atoms with Crippen LogP contribution in [0.2, 0.25) is 0 Å². The summed E-state index contributed by atoms with van der Waals surface area (Å²) < 4.78 is 4.87.